The Bertz CT molecular complexity index is 764. The van der Waals surface area contributed by atoms with Crippen LogP contribution >= 0.6 is 0 Å². The molecule has 0 unspecified atom stereocenters. The van der Waals surface area contributed by atoms with Gasteiger partial charge in [0.05, 0.1) is 18.5 Å². The summed E-state index contributed by atoms with van der Waals surface area (Å²) in [6, 6.07) is 3.58. The lowest BCUT2D eigenvalue weighted by Gasteiger charge is -2.08. The summed E-state index contributed by atoms with van der Waals surface area (Å²) in [5, 5.41) is 9.36. The fraction of sp³-hybridized carbons (Fsp3) is 0.357. The molecule has 1 saturated carbocycles. The van der Waals surface area contributed by atoms with Crippen LogP contribution in [0.5, 0.6) is 0 Å². The van der Waals surface area contributed by atoms with Crippen LogP contribution in [0, 0.1) is 6.92 Å². The van der Waals surface area contributed by atoms with Gasteiger partial charge in [0.2, 0.25) is 0 Å². The van der Waals surface area contributed by atoms with Crippen LogP contribution in [0.25, 0.3) is 0 Å². The molecular weight excluding hydrogens is 290 g/mol. The van der Waals surface area contributed by atoms with Crippen LogP contribution in [-0.2, 0) is 16.6 Å². The zero-order valence-corrected chi connectivity index (χ0v) is 12.5. The van der Waals surface area contributed by atoms with Gasteiger partial charge in [-0.2, -0.15) is 0 Å². The molecular formula is C14H17N3O3S. The molecule has 2 aromatic heterocycles. The van der Waals surface area contributed by atoms with Gasteiger partial charge in [-0.3, -0.25) is 9.71 Å². The Hall–Kier alpha value is -1.86. The quantitative estimate of drug-likeness (QED) is 0.882. The number of pyridine rings is 1. The molecule has 3 rings (SSSR count). The molecule has 0 bridgehead atoms. The van der Waals surface area contributed by atoms with Gasteiger partial charge in [-0.05, 0) is 37.5 Å². The lowest BCUT2D eigenvalue weighted by molar-refractivity contribution is 0.270. The smallest absolute Gasteiger partial charge is 0.263 e. The molecule has 2 aromatic rings. The highest BCUT2D eigenvalue weighted by atomic mass is 32.2. The van der Waals surface area contributed by atoms with Gasteiger partial charge >= 0.3 is 0 Å². The van der Waals surface area contributed by atoms with Crippen molar-refractivity contribution < 1.29 is 13.5 Å². The zero-order valence-electron chi connectivity index (χ0n) is 11.7. The highest BCUT2D eigenvalue weighted by Gasteiger charge is 2.28. The van der Waals surface area contributed by atoms with E-state index in [0.717, 1.165) is 18.4 Å². The molecule has 0 radical (unpaired) electrons. The van der Waals surface area contributed by atoms with Gasteiger partial charge in [0.1, 0.15) is 4.90 Å². The molecule has 21 heavy (non-hydrogen) atoms. The third-order valence-corrected chi connectivity index (χ3v) is 4.94. The summed E-state index contributed by atoms with van der Waals surface area (Å²) in [6.07, 6.45) is 6.74. The molecule has 0 saturated heterocycles. The monoisotopic (exact) mass is 307 g/mol. The Morgan fingerprint density at radius 3 is 2.86 bits per heavy atom. The van der Waals surface area contributed by atoms with Crippen molar-refractivity contribution >= 4 is 15.7 Å². The third kappa shape index (κ3) is 2.79. The van der Waals surface area contributed by atoms with Crippen LogP contribution < -0.4 is 4.72 Å². The average Bonchev–Trinajstić information content (AvgIpc) is 3.19. The van der Waals surface area contributed by atoms with E-state index in [-0.39, 0.29) is 11.5 Å². The van der Waals surface area contributed by atoms with Crippen LogP contribution in [0.15, 0.2) is 35.6 Å². The van der Waals surface area contributed by atoms with Crippen molar-refractivity contribution in [1.82, 2.24) is 9.55 Å². The number of nitrogens with one attached hydrogen (secondary N) is 1. The second kappa shape index (κ2) is 5.16. The summed E-state index contributed by atoms with van der Waals surface area (Å²) in [6.45, 7) is 1.64. The molecule has 0 aliphatic heterocycles. The van der Waals surface area contributed by atoms with E-state index >= 15 is 0 Å². The van der Waals surface area contributed by atoms with Crippen molar-refractivity contribution in [2.24, 2.45) is 0 Å². The molecule has 0 amide bonds. The maximum absolute atomic E-state index is 12.4. The highest BCUT2D eigenvalue weighted by molar-refractivity contribution is 7.92. The van der Waals surface area contributed by atoms with E-state index in [2.05, 4.69) is 9.71 Å². The first kappa shape index (κ1) is 14.1. The predicted octanol–water partition coefficient (Wildman–Crippen LogP) is 1.82. The predicted molar refractivity (Wildman–Crippen MR) is 78.4 cm³/mol. The van der Waals surface area contributed by atoms with E-state index in [9.17, 15) is 13.5 Å². The van der Waals surface area contributed by atoms with E-state index in [1.165, 1.54) is 12.3 Å². The molecule has 1 aliphatic rings. The minimum atomic E-state index is -3.68. The molecule has 1 fully saturated rings. The number of rotatable bonds is 5. The van der Waals surface area contributed by atoms with Crippen LogP contribution in [-0.4, -0.2) is 23.1 Å². The summed E-state index contributed by atoms with van der Waals surface area (Å²) in [5.74, 6) is 0. The molecule has 7 heteroatoms. The summed E-state index contributed by atoms with van der Waals surface area (Å²) >= 11 is 0. The Labute approximate surface area is 123 Å². The number of aromatic nitrogens is 2. The first-order valence-corrected chi connectivity index (χ1v) is 8.24. The van der Waals surface area contributed by atoms with E-state index in [1.807, 2.05) is 11.5 Å². The van der Waals surface area contributed by atoms with Crippen molar-refractivity contribution in [2.75, 3.05) is 4.72 Å². The number of anilines is 1. The van der Waals surface area contributed by atoms with E-state index in [0.29, 0.717) is 17.4 Å². The number of nitrogens with zero attached hydrogens (tertiary/aromatic N) is 2. The van der Waals surface area contributed by atoms with Crippen LogP contribution in [0.2, 0.25) is 0 Å². The van der Waals surface area contributed by atoms with Gasteiger partial charge < -0.3 is 9.67 Å². The maximum Gasteiger partial charge on any atom is 0.263 e. The minimum absolute atomic E-state index is 0.168. The van der Waals surface area contributed by atoms with E-state index in [4.69, 9.17) is 0 Å². The fourth-order valence-corrected chi connectivity index (χ4v) is 3.40. The Balaban J connectivity index is 1.93. The molecule has 2 heterocycles. The van der Waals surface area contributed by atoms with Gasteiger partial charge in [-0.1, -0.05) is 0 Å². The molecule has 6 nitrogen and oxygen atoms in total. The van der Waals surface area contributed by atoms with Crippen LogP contribution in [0.4, 0.5) is 5.69 Å². The van der Waals surface area contributed by atoms with E-state index in [1.54, 1.807) is 18.5 Å². The lowest BCUT2D eigenvalue weighted by atomic mass is 10.3. The third-order valence-electron chi connectivity index (χ3n) is 3.60. The molecule has 0 aromatic carbocycles. The number of aliphatic hydroxyl groups excluding tert-OH is 1. The molecule has 0 atom stereocenters. The van der Waals surface area contributed by atoms with Crippen molar-refractivity contribution in [3.63, 3.8) is 0 Å². The standard InChI is InChI=1S/C14H17N3O3S/c1-10-4-5-15-7-14(10)16-21(19,20)13-6-12(9-18)17(8-13)11-2-3-11/h4-8,11,16,18H,2-3,9H2,1H3. The topological polar surface area (TPSA) is 84.2 Å². The van der Waals surface area contributed by atoms with Gasteiger partial charge in [0, 0.05) is 24.1 Å². The number of sulfonamides is 1. The Kier molecular flexibility index (Phi) is 3.46. The normalized spacial score (nSPS) is 15.1. The average molecular weight is 307 g/mol. The summed E-state index contributed by atoms with van der Waals surface area (Å²) in [5.41, 5.74) is 1.89. The minimum Gasteiger partial charge on any atom is -0.390 e. The van der Waals surface area contributed by atoms with Crippen LogP contribution in [0.1, 0.15) is 30.1 Å². The summed E-state index contributed by atoms with van der Waals surface area (Å²) < 4.78 is 29.3. The summed E-state index contributed by atoms with van der Waals surface area (Å²) in [7, 11) is -3.68. The maximum atomic E-state index is 12.4. The highest BCUT2D eigenvalue weighted by Crippen LogP contribution is 2.37. The number of aryl methyl sites for hydroxylation is 1. The number of hydrogen-bond donors (Lipinski definition) is 2. The van der Waals surface area contributed by atoms with Crippen LogP contribution in [0.3, 0.4) is 0 Å². The second-order valence-electron chi connectivity index (χ2n) is 5.26. The molecule has 0 spiro atoms. The first-order chi connectivity index (χ1) is 10.0. The fourth-order valence-electron chi connectivity index (χ4n) is 2.24. The zero-order chi connectivity index (χ0) is 15.0. The molecule has 2 N–H and O–H groups in total. The van der Waals surface area contributed by atoms with Gasteiger partial charge in [-0.25, -0.2) is 8.42 Å². The first-order valence-electron chi connectivity index (χ1n) is 6.76. The summed E-state index contributed by atoms with van der Waals surface area (Å²) in [4.78, 5) is 4.10. The van der Waals surface area contributed by atoms with Crippen molar-refractivity contribution in [3.8, 4) is 0 Å². The lowest BCUT2D eigenvalue weighted by Crippen LogP contribution is -2.13. The number of aliphatic hydroxyl groups is 1. The van der Waals surface area contributed by atoms with Crippen molar-refractivity contribution in [2.45, 2.75) is 37.3 Å². The van der Waals surface area contributed by atoms with Crippen molar-refractivity contribution in [3.05, 3.63) is 42.0 Å². The van der Waals surface area contributed by atoms with E-state index < -0.39 is 10.0 Å². The van der Waals surface area contributed by atoms with Crippen molar-refractivity contribution in [1.29, 1.82) is 0 Å². The SMILES string of the molecule is Cc1ccncc1NS(=O)(=O)c1cc(CO)n(C2CC2)c1. The number of hydrogen-bond acceptors (Lipinski definition) is 4. The van der Waals surface area contributed by atoms with Gasteiger partial charge in [-0.15, -0.1) is 0 Å². The Morgan fingerprint density at radius 2 is 2.24 bits per heavy atom. The largest absolute Gasteiger partial charge is 0.390 e. The Morgan fingerprint density at radius 1 is 1.48 bits per heavy atom. The second-order valence-corrected chi connectivity index (χ2v) is 6.94. The molecule has 1 aliphatic carbocycles. The van der Waals surface area contributed by atoms with Gasteiger partial charge in [0.15, 0.2) is 0 Å². The molecule has 112 valence electrons. The van der Waals surface area contributed by atoms with Gasteiger partial charge in [0.25, 0.3) is 10.0 Å².